The molecule has 2 aliphatic rings. The molecule has 156 valence electrons. The normalized spacial score (nSPS) is 23.5. The molecule has 0 aliphatic carbocycles. The van der Waals surface area contributed by atoms with E-state index in [4.69, 9.17) is 0 Å². The molecule has 2 fully saturated rings. The average molecular weight is 408 g/mol. The average Bonchev–Trinajstić information content (AvgIpc) is 3.02. The second kappa shape index (κ2) is 8.82. The SMILES string of the molecule is CC[C@@H](C)N(C(=O)CN1CCN(c2ccccc2C)CC1)[C@@H]1CCS(=O)(=O)C1. The third kappa shape index (κ3) is 4.87. The quantitative estimate of drug-likeness (QED) is 0.721. The van der Waals surface area contributed by atoms with Gasteiger partial charge in [-0.2, -0.15) is 0 Å². The second-order valence-electron chi connectivity index (χ2n) is 8.16. The number of para-hydroxylation sites is 1. The van der Waals surface area contributed by atoms with Gasteiger partial charge in [0.25, 0.3) is 0 Å². The first kappa shape index (κ1) is 21.1. The third-order valence-corrected chi connectivity index (χ3v) is 7.89. The molecule has 0 saturated carbocycles. The Morgan fingerprint density at radius 1 is 1.21 bits per heavy atom. The van der Waals surface area contributed by atoms with Crippen LogP contribution in [0.3, 0.4) is 0 Å². The van der Waals surface area contributed by atoms with Crippen LogP contribution in [0.25, 0.3) is 0 Å². The number of rotatable bonds is 6. The zero-order valence-corrected chi connectivity index (χ0v) is 18.1. The molecule has 1 aromatic carbocycles. The number of aryl methyl sites for hydroxylation is 1. The summed E-state index contributed by atoms with van der Waals surface area (Å²) in [4.78, 5) is 19.5. The molecule has 0 bridgehead atoms. The Labute approximate surface area is 169 Å². The number of piperazine rings is 1. The predicted molar refractivity (Wildman–Crippen MR) is 113 cm³/mol. The minimum atomic E-state index is -3.01. The number of hydrogen-bond acceptors (Lipinski definition) is 5. The Kier molecular flexibility index (Phi) is 6.65. The van der Waals surface area contributed by atoms with Crippen LogP contribution in [0.1, 0.15) is 32.3 Å². The molecule has 0 unspecified atom stereocenters. The summed E-state index contributed by atoms with van der Waals surface area (Å²) in [6.07, 6.45) is 1.41. The van der Waals surface area contributed by atoms with Crippen LogP contribution in [0.5, 0.6) is 0 Å². The highest BCUT2D eigenvalue weighted by molar-refractivity contribution is 7.91. The number of sulfone groups is 1. The molecule has 1 aromatic rings. The van der Waals surface area contributed by atoms with Gasteiger partial charge in [-0.05, 0) is 38.3 Å². The van der Waals surface area contributed by atoms with Crippen molar-refractivity contribution in [3.8, 4) is 0 Å². The molecular formula is C21H33N3O3S. The summed E-state index contributed by atoms with van der Waals surface area (Å²) in [7, 11) is -3.01. The van der Waals surface area contributed by atoms with E-state index < -0.39 is 9.84 Å². The molecule has 3 rings (SSSR count). The summed E-state index contributed by atoms with van der Waals surface area (Å²) in [6, 6.07) is 8.31. The van der Waals surface area contributed by atoms with Crippen LogP contribution in [0.2, 0.25) is 0 Å². The predicted octanol–water partition coefficient (Wildman–Crippen LogP) is 1.93. The van der Waals surface area contributed by atoms with Gasteiger partial charge in [0.1, 0.15) is 0 Å². The Morgan fingerprint density at radius 2 is 1.89 bits per heavy atom. The van der Waals surface area contributed by atoms with Crippen molar-refractivity contribution in [1.82, 2.24) is 9.80 Å². The van der Waals surface area contributed by atoms with E-state index in [1.54, 1.807) is 0 Å². The Hall–Kier alpha value is -1.60. The second-order valence-corrected chi connectivity index (χ2v) is 10.4. The van der Waals surface area contributed by atoms with E-state index in [0.717, 1.165) is 32.6 Å². The maximum atomic E-state index is 13.1. The van der Waals surface area contributed by atoms with Gasteiger partial charge in [-0.3, -0.25) is 9.69 Å². The van der Waals surface area contributed by atoms with Crippen molar-refractivity contribution < 1.29 is 13.2 Å². The van der Waals surface area contributed by atoms with Gasteiger partial charge in [0.05, 0.1) is 18.1 Å². The van der Waals surface area contributed by atoms with Crippen LogP contribution in [0.4, 0.5) is 5.69 Å². The highest BCUT2D eigenvalue weighted by atomic mass is 32.2. The van der Waals surface area contributed by atoms with Gasteiger partial charge in [0.15, 0.2) is 9.84 Å². The first-order valence-electron chi connectivity index (χ1n) is 10.3. The summed E-state index contributed by atoms with van der Waals surface area (Å²) < 4.78 is 23.8. The Bertz CT molecular complexity index is 788. The number of amides is 1. The van der Waals surface area contributed by atoms with Crippen molar-refractivity contribution in [2.75, 3.05) is 49.1 Å². The largest absolute Gasteiger partial charge is 0.369 e. The van der Waals surface area contributed by atoms with Crippen molar-refractivity contribution in [1.29, 1.82) is 0 Å². The minimum Gasteiger partial charge on any atom is -0.369 e. The third-order valence-electron chi connectivity index (χ3n) is 6.14. The number of nitrogens with zero attached hydrogens (tertiary/aromatic N) is 3. The van der Waals surface area contributed by atoms with Crippen molar-refractivity contribution in [3.05, 3.63) is 29.8 Å². The lowest BCUT2D eigenvalue weighted by Gasteiger charge is -2.39. The number of anilines is 1. The summed E-state index contributed by atoms with van der Waals surface area (Å²) in [5.74, 6) is 0.387. The van der Waals surface area contributed by atoms with Crippen molar-refractivity contribution in [2.45, 2.75) is 45.7 Å². The summed E-state index contributed by atoms with van der Waals surface area (Å²) >= 11 is 0. The molecule has 1 amide bonds. The topological polar surface area (TPSA) is 60.9 Å². The van der Waals surface area contributed by atoms with E-state index in [-0.39, 0.29) is 29.5 Å². The molecule has 0 N–H and O–H groups in total. The van der Waals surface area contributed by atoms with Gasteiger partial charge in [0, 0.05) is 44.0 Å². The standard InChI is InChI=1S/C21H33N3O3S/c1-4-18(3)24(19-9-14-28(26,27)16-19)21(25)15-22-10-12-23(13-11-22)20-8-6-5-7-17(20)2/h5-8,18-19H,4,9-16H2,1-3H3/t18-,19-/m1/s1. The minimum absolute atomic E-state index is 0.0686. The van der Waals surface area contributed by atoms with E-state index >= 15 is 0 Å². The number of carbonyl (C=O) groups is 1. The Morgan fingerprint density at radius 3 is 2.46 bits per heavy atom. The summed E-state index contributed by atoms with van der Waals surface area (Å²) in [6.45, 7) is 10.1. The molecule has 2 aliphatic heterocycles. The van der Waals surface area contributed by atoms with E-state index in [1.807, 2.05) is 11.8 Å². The molecule has 2 saturated heterocycles. The van der Waals surface area contributed by atoms with Crippen LogP contribution >= 0.6 is 0 Å². The van der Waals surface area contributed by atoms with Gasteiger partial charge in [-0.1, -0.05) is 25.1 Å². The molecule has 2 atom stereocenters. The van der Waals surface area contributed by atoms with Crippen LogP contribution in [-0.4, -0.2) is 80.4 Å². The van der Waals surface area contributed by atoms with Crippen LogP contribution in [-0.2, 0) is 14.6 Å². The highest BCUT2D eigenvalue weighted by Crippen LogP contribution is 2.23. The van der Waals surface area contributed by atoms with Crippen LogP contribution in [0.15, 0.2) is 24.3 Å². The zero-order valence-electron chi connectivity index (χ0n) is 17.3. The van der Waals surface area contributed by atoms with Crippen molar-refractivity contribution in [3.63, 3.8) is 0 Å². The first-order valence-corrected chi connectivity index (χ1v) is 12.2. The maximum absolute atomic E-state index is 13.1. The highest BCUT2D eigenvalue weighted by Gasteiger charge is 2.37. The number of carbonyl (C=O) groups excluding carboxylic acids is 1. The Balaban J connectivity index is 1.59. The zero-order chi connectivity index (χ0) is 20.3. The fourth-order valence-electron chi connectivity index (χ4n) is 4.34. The lowest BCUT2D eigenvalue weighted by Crippen LogP contribution is -2.53. The number of hydrogen-bond donors (Lipinski definition) is 0. The molecule has 7 heteroatoms. The van der Waals surface area contributed by atoms with Crippen LogP contribution < -0.4 is 4.90 Å². The van der Waals surface area contributed by atoms with Gasteiger partial charge >= 0.3 is 0 Å². The van der Waals surface area contributed by atoms with Crippen LogP contribution in [0, 0.1) is 6.92 Å². The summed E-state index contributed by atoms with van der Waals surface area (Å²) in [5, 5.41) is 0. The van der Waals surface area contributed by atoms with Gasteiger partial charge in [-0.25, -0.2) is 8.42 Å². The summed E-state index contributed by atoms with van der Waals surface area (Å²) in [5.41, 5.74) is 2.54. The van der Waals surface area contributed by atoms with E-state index in [0.29, 0.717) is 13.0 Å². The number of benzene rings is 1. The van der Waals surface area contributed by atoms with Gasteiger partial charge in [-0.15, -0.1) is 0 Å². The van der Waals surface area contributed by atoms with E-state index in [2.05, 4.69) is 47.9 Å². The van der Waals surface area contributed by atoms with E-state index in [9.17, 15) is 13.2 Å². The molecule has 0 spiro atoms. The molecule has 0 aromatic heterocycles. The lowest BCUT2D eigenvalue weighted by atomic mass is 10.1. The molecule has 28 heavy (non-hydrogen) atoms. The fourth-order valence-corrected chi connectivity index (χ4v) is 6.05. The fraction of sp³-hybridized carbons (Fsp3) is 0.667. The lowest BCUT2D eigenvalue weighted by molar-refractivity contribution is -0.136. The van der Waals surface area contributed by atoms with Gasteiger partial charge in [0.2, 0.25) is 5.91 Å². The first-order chi connectivity index (χ1) is 13.3. The monoisotopic (exact) mass is 407 g/mol. The molecule has 2 heterocycles. The molecule has 6 nitrogen and oxygen atoms in total. The molecule has 0 radical (unpaired) electrons. The van der Waals surface area contributed by atoms with Crippen molar-refractivity contribution >= 4 is 21.4 Å². The molecular weight excluding hydrogens is 374 g/mol. The van der Waals surface area contributed by atoms with E-state index in [1.165, 1.54) is 11.3 Å². The van der Waals surface area contributed by atoms with Crippen molar-refractivity contribution in [2.24, 2.45) is 0 Å². The van der Waals surface area contributed by atoms with Gasteiger partial charge < -0.3 is 9.80 Å². The smallest absolute Gasteiger partial charge is 0.237 e. The maximum Gasteiger partial charge on any atom is 0.237 e.